The molecule has 2 heterocycles. The Hall–Kier alpha value is -1.69. The largest absolute Gasteiger partial charge is 0.458 e. The average molecular weight is 305 g/mol. The number of carbonyl (C=O) groups excluding carboxylic acids is 1. The van der Waals surface area contributed by atoms with E-state index in [4.69, 9.17) is 15.0 Å². The van der Waals surface area contributed by atoms with Crippen LogP contribution < -0.4 is 0 Å². The van der Waals surface area contributed by atoms with Gasteiger partial charge in [0.25, 0.3) is 0 Å². The third kappa shape index (κ3) is 3.15. The van der Waals surface area contributed by atoms with Crippen LogP contribution in [0, 0.1) is 0 Å². The molecule has 1 aromatic carbocycles. The maximum Gasteiger partial charge on any atom is 0.307 e. The zero-order valence-electron chi connectivity index (χ0n) is 11.3. The van der Waals surface area contributed by atoms with E-state index in [0.29, 0.717) is 18.8 Å². The number of fused-ring (bicyclic) bond motifs is 1. The summed E-state index contributed by atoms with van der Waals surface area (Å²) in [4.78, 5) is 14.4. The molecule has 2 aliphatic rings. The van der Waals surface area contributed by atoms with Gasteiger partial charge in [0.15, 0.2) is 0 Å². The van der Waals surface area contributed by atoms with Gasteiger partial charge in [-0.2, -0.15) is 11.8 Å². The molecule has 0 aromatic heterocycles. The summed E-state index contributed by atoms with van der Waals surface area (Å²) >= 11 is 1.62. The van der Waals surface area contributed by atoms with Crippen LogP contribution in [0.2, 0.25) is 0 Å². The number of thioether (sulfide) groups is 1. The molecular formula is C14H15N3O3S. The van der Waals surface area contributed by atoms with Crippen LogP contribution in [-0.2, 0) is 20.9 Å². The average Bonchev–Trinajstić information content (AvgIpc) is 2.88. The van der Waals surface area contributed by atoms with Crippen molar-refractivity contribution in [1.82, 2.24) is 0 Å². The molecule has 2 aliphatic heterocycles. The van der Waals surface area contributed by atoms with E-state index in [1.165, 1.54) is 0 Å². The van der Waals surface area contributed by atoms with E-state index in [0.717, 1.165) is 5.56 Å². The van der Waals surface area contributed by atoms with Gasteiger partial charge in [0.2, 0.25) is 0 Å². The van der Waals surface area contributed by atoms with Gasteiger partial charge in [-0.15, -0.1) is 0 Å². The highest BCUT2D eigenvalue weighted by Gasteiger charge is 2.47. The number of azide groups is 1. The minimum absolute atomic E-state index is 0.100. The van der Waals surface area contributed by atoms with Crippen molar-refractivity contribution in [3.8, 4) is 0 Å². The van der Waals surface area contributed by atoms with E-state index >= 15 is 0 Å². The second-order valence-electron chi connectivity index (χ2n) is 5.06. The van der Waals surface area contributed by atoms with E-state index in [1.54, 1.807) is 11.8 Å². The van der Waals surface area contributed by atoms with Crippen molar-refractivity contribution in [1.29, 1.82) is 0 Å². The Morgan fingerprint density at radius 3 is 3.00 bits per heavy atom. The fraction of sp³-hybridized carbons (Fsp3) is 0.500. The lowest BCUT2D eigenvalue weighted by atomic mass is 10.0. The zero-order valence-corrected chi connectivity index (χ0v) is 12.1. The number of hydrogen-bond acceptors (Lipinski definition) is 5. The predicted molar refractivity (Wildman–Crippen MR) is 78.7 cm³/mol. The van der Waals surface area contributed by atoms with Gasteiger partial charge >= 0.3 is 5.97 Å². The van der Waals surface area contributed by atoms with Crippen LogP contribution in [0.4, 0.5) is 0 Å². The zero-order chi connectivity index (χ0) is 14.7. The van der Waals surface area contributed by atoms with Gasteiger partial charge in [-0.05, 0) is 11.1 Å². The van der Waals surface area contributed by atoms with Gasteiger partial charge in [0, 0.05) is 10.7 Å². The molecule has 0 saturated carbocycles. The van der Waals surface area contributed by atoms with E-state index in [9.17, 15) is 4.79 Å². The number of nitrogens with zero attached hydrogens (tertiary/aromatic N) is 3. The van der Waals surface area contributed by atoms with E-state index < -0.39 is 0 Å². The first-order valence-corrected chi connectivity index (χ1v) is 7.83. The Balaban J connectivity index is 1.73. The van der Waals surface area contributed by atoms with Crippen LogP contribution in [0.5, 0.6) is 0 Å². The van der Waals surface area contributed by atoms with E-state index in [1.807, 2.05) is 30.3 Å². The van der Waals surface area contributed by atoms with Crippen molar-refractivity contribution in [3.63, 3.8) is 0 Å². The maximum absolute atomic E-state index is 11.5. The van der Waals surface area contributed by atoms with Crippen molar-refractivity contribution >= 4 is 17.7 Å². The topological polar surface area (TPSA) is 84.3 Å². The molecule has 1 aromatic rings. The number of rotatable bonds is 4. The van der Waals surface area contributed by atoms with Crippen molar-refractivity contribution in [2.75, 3.05) is 5.75 Å². The first-order chi connectivity index (χ1) is 10.3. The third-order valence-electron chi connectivity index (χ3n) is 3.67. The van der Waals surface area contributed by atoms with Crippen molar-refractivity contribution in [2.24, 2.45) is 5.11 Å². The second-order valence-corrected chi connectivity index (χ2v) is 6.34. The third-order valence-corrected chi connectivity index (χ3v) is 5.07. The van der Waals surface area contributed by atoms with Gasteiger partial charge in [-0.1, -0.05) is 35.4 Å². The highest BCUT2D eigenvalue weighted by Crippen LogP contribution is 2.38. The van der Waals surface area contributed by atoms with Crippen molar-refractivity contribution < 1.29 is 14.3 Å². The molecule has 0 unspecified atom stereocenters. The highest BCUT2D eigenvalue weighted by atomic mass is 32.2. The summed E-state index contributed by atoms with van der Waals surface area (Å²) in [5.74, 6) is 0.453. The van der Waals surface area contributed by atoms with Gasteiger partial charge < -0.3 is 9.47 Å². The van der Waals surface area contributed by atoms with Crippen LogP contribution in [-0.4, -0.2) is 35.2 Å². The molecular weight excluding hydrogens is 290 g/mol. The highest BCUT2D eigenvalue weighted by molar-refractivity contribution is 8.00. The summed E-state index contributed by atoms with van der Waals surface area (Å²) in [5, 5.41) is 3.91. The summed E-state index contributed by atoms with van der Waals surface area (Å²) in [6.07, 6.45) is -0.293. The summed E-state index contributed by atoms with van der Waals surface area (Å²) in [7, 11) is 0. The Bertz CT molecular complexity index is 562. The van der Waals surface area contributed by atoms with Gasteiger partial charge in [-0.25, -0.2) is 0 Å². The standard InChI is InChI=1S/C14H15N3O3S/c15-17-16-10-8-21-11-6-12(18)20-14(11)13(10)19-7-9-4-2-1-3-5-9/h1-5,10-11,13-14H,6-8H2/t10-,11+,13-,14-/m1/s1. The number of esters is 1. The number of ether oxygens (including phenoxy) is 2. The monoisotopic (exact) mass is 305 g/mol. The van der Waals surface area contributed by atoms with Crippen LogP contribution in [0.15, 0.2) is 35.4 Å². The van der Waals surface area contributed by atoms with Crippen LogP contribution in [0.1, 0.15) is 12.0 Å². The fourth-order valence-electron chi connectivity index (χ4n) is 2.66. The van der Waals surface area contributed by atoms with Crippen LogP contribution in [0.25, 0.3) is 10.4 Å². The molecule has 6 nitrogen and oxygen atoms in total. The van der Waals surface area contributed by atoms with Crippen LogP contribution in [0.3, 0.4) is 0 Å². The number of benzene rings is 1. The molecule has 21 heavy (non-hydrogen) atoms. The second kappa shape index (κ2) is 6.39. The lowest BCUT2D eigenvalue weighted by Crippen LogP contribution is -2.48. The minimum Gasteiger partial charge on any atom is -0.458 e. The van der Waals surface area contributed by atoms with E-state index in [-0.39, 0.29) is 29.5 Å². The fourth-order valence-corrected chi connectivity index (χ4v) is 4.02. The molecule has 0 aliphatic carbocycles. The number of hydrogen-bond donors (Lipinski definition) is 0. The molecule has 0 bridgehead atoms. The van der Waals surface area contributed by atoms with Crippen molar-refractivity contribution in [2.45, 2.75) is 36.5 Å². The Morgan fingerprint density at radius 1 is 1.43 bits per heavy atom. The Labute approximate surface area is 126 Å². The quantitative estimate of drug-likeness (QED) is 0.370. The molecule has 2 fully saturated rings. The summed E-state index contributed by atoms with van der Waals surface area (Å²) in [5.41, 5.74) is 9.74. The first-order valence-electron chi connectivity index (χ1n) is 6.79. The normalized spacial score (nSPS) is 31.1. The lowest BCUT2D eigenvalue weighted by molar-refractivity contribution is -0.148. The molecule has 3 rings (SSSR count). The van der Waals surface area contributed by atoms with Crippen molar-refractivity contribution in [3.05, 3.63) is 46.3 Å². The molecule has 0 spiro atoms. The summed E-state index contributed by atoms with van der Waals surface area (Å²) in [6.45, 7) is 0.411. The molecule has 110 valence electrons. The Morgan fingerprint density at radius 2 is 2.24 bits per heavy atom. The lowest BCUT2D eigenvalue weighted by Gasteiger charge is -2.35. The Kier molecular flexibility index (Phi) is 4.34. The predicted octanol–water partition coefficient (Wildman–Crippen LogP) is 2.68. The van der Waals surface area contributed by atoms with Gasteiger partial charge in [0.1, 0.15) is 12.2 Å². The molecule has 2 saturated heterocycles. The van der Waals surface area contributed by atoms with Gasteiger partial charge in [0.05, 0.1) is 24.3 Å². The maximum atomic E-state index is 11.5. The summed E-state index contributed by atoms with van der Waals surface area (Å²) < 4.78 is 11.3. The van der Waals surface area contributed by atoms with Gasteiger partial charge in [-0.3, -0.25) is 4.79 Å². The summed E-state index contributed by atoms with van der Waals surface area (Å²) in [6, 6.07) is 9.46. The molecule has 0 N–H and O–H groups in total. The number of carbonyl (C=O) groups is 1. The van der Waals surface area contributed by atoms with Crippen LogP contribution >= 0.6 is 11.8 Å². The van der Waals surface area contributed by atoms with E-state index in [2.05, 4.69) is 10.0 Å². The minimum atomic E-state index is -0.376. The molecule has 7 heteroatoms. The molecule has 0 amide bonds. The first kappa shape index (κ1) is 14.3. The molecule has 0 radical (unpaired) electrons. The molecule has 4 atom stereocenters. The smallest absolute Gasteiger partial charge is 0.307 e. The SMILES string of the molecule is [N-]=[N+]=N[C@@H]1CS[C@H]2CC(=O)O[C@H]2[C@@H]1OCc1ccccc1.